The molecule has 0 aliphatic rings. The number of hydrogen-bond acceptors (Lipinski definition) is 3. The summed E-state index contributed by atoms with van der Waals surface area (Å²) in [6, 6.07) is 3.84. The fourth-order valence-corrected chi connectivity index (χ4v) is 1.49. The number of hydrogen-bond donors (Lipinski definition) is 1. The van der Waals surface area contributed by atoms with Gasteiger partial charge in [-0.15, -0.1) is 0 Å². The normalized spacial score (nSPS) is 15.4. The van der Waals surface area contributed by atoms with Crippen molar-refractivity contribution in [3.8, 4) is 6.07 Å². The van der Waals surface area contributed by atoms with Crippen LogP contribution in [-0.2, 0) is 0 Å². The van der Waals surface area contributed by atoms with Gasteiger partial charge in [0.15, 0.2) is 0 Å². The molecule has 0 aliphatic heterocycles. The lowest BCUT2D eigenvalue weighted by Gasteiger charge is -2.09. The summed E-state index contributed by atoms with van der Waals surface area (Å²) in [6.45, 7) is 1.71. The Labute approximate surface area is 69.7 Å². The minimum atomic E-state index is -0.633. The highest BCUT2D eigenvalue weighted by atomic mass is 32.1. The molecule has 0 fully saturated rings. The third-order valence-electron chi connectivity index (χ3n) is 1.56. The first-order chi connectivity index (χ1) is 5.25. The molecule has 3 heteroatoms. The van der Waals surface area contributed by atoms with Crippen molar-refractivity contribution in [3.05, 3.63) is 22.4 Å². The number of rotatable bonds is 2. The molecule has 1 aromatic heterocycles. The van der Waals surface area contributed by atoms with E-state index < -0.39 is 6.10 Å². The van der Waals surface area contributed by atoms with E-state index in [1.165, 1.54) is 11.3 Å². The van der Waals surface area contributed by atoms with Gasteiger partial charge < -0.3 is 5.11 Å². The summed E-state index contributed by atoms with van der Waals surface area (Å²) < 4.78 is 0. The molecule has 0 aromatic carbocycles. The van der Waals surface area contributed by atoms with Crippen LogP contribution >= 0.6 is 11.3 Å². The van der Waals surface area contributed by atoms with Crippen molar-refractivity contribution in [1.29, 1.82) is 5.26 Å². The molecule has 1 rings (SSSR count). The Balaban J connectivity index is 2.71. The summed E-state index contributed by atoms with van der Waals surface area (Å²) in [5.74, 6) is -0.329. The molecule has 2 unspecified atom stereocenters. The first-order valence-electron chi connectivity index (χ1n) is 3.35. The zero-order chi connectivity index (χ0) is 8.27. The molecule has 1 N–H and O–H groups in total. The van der Waals surface area contributed by atoms with Crippen molar-refractivity contribution < 1.29 is 5.11 Å². The van der Waals surface area contributed by atoms with Crippen molar-refractivity contribution in [2.75, 3.05) is 0 Å². The zero-order valence-electron chi connectivity index (χ0n) is 6.19. The van der Waals surface area contributed by atoms with Gasteiger partial charge in [0.25, 0.3) is 0 Å². The number of thiophene rings is 1. The molecule has 0 aliphatic carbocycles. The summed E-state index contributed by atoms with van der Waals surface area (Å²) in [7, 11) is 0. The van der Waals surface area contributed by atoms with Crippen molar-refractivity contribution in [3.63, 3.8) is 0 Å². The van der Waals surface area contributed by atoms with E-state index >= 15 is 0 Å². The van der Waals surface area contributed by atoms with Gasteiger partial charge >= 0.3 is 0 Å². The van der Waals surface area contributed by atoms with Gasteiger partial charge in [-0.25, -0.2) is 0 Å². The second kappa shape index (κ2) is 3.51. The first-order valence-corrected chi connectivity index (χ1v) is 4.29. The van der Waals surface area contributed by atoms with Gasteiger partial charge in [0.1, 0.15) is 0 Å². The average Bonchev–Trinajstić information content (AvgIpc) is 2.53. The van der Waals surface area contributed by atoms with E-state index in [0.717, 1.165) is 5.56 Å². The molecule has 1 aromatic rings. The SMILES string of the molecule is CC(C#N)C(O)c1ccsc1. The van der Waals surface area contributed by atoms with Crippen molar-refractivity contribution in [2.24, 2.45) is 5.92 Å². The molecular weight excluding hydrogens is 158 g/mol. The van der Waals surface area contributed by atoms with Gasteiger partial charge in [-0.1, -0.05) is 0 Å². The van der Waals surface area contributed by atoms with Gasteiger partial charge in [0.2, 0.25) is 0 Å². The minimum Gasteiger partial charge on any atom is -0.387 e. The summed E-state index contributed by atoms with van der Waals surface area (Å²) in [5.41, 5.74) is 0.837. The lowest BCUT2D eigenvalue weighted by Crippen LogP contribution is -2.05. The monoisotopic (exact) mass is 167 g/mol. The predicted octanol–water partition coefficient (Wildman–Crippen LogP) is 1.94. The smallest absolute Gasteiger partial charge is 0.0953 e. The van der Waals surface area contributed by atoms with Crippen LogP contribution in [0.2, 0.25) is 0 Å². The molecule has 0 saturated heterocycles. The summed E-state index contributed by atoms with van der Waals surface area (Å²) in [5, 5.41) is 21.7. The van der Waals surface area contributed by atoms with E-state index in [-0.39, 0.29) is 5.92 Å². The van der Waals surface area contributed by atoms with Crippen molar-refractivity contribution >= 4 is 11.3 Å². The standard InChI is InChI=1S/C8H9NOS/c1-6(4-9)8(10)7-2-3-11-5-7/h2-3,5-6,8,10H,1H3. The molecule has 11 heavy (non-hydrogen) atoms. The van der Waals surface area contributed by atoms with E-state index in [9.17, 15) is 5.11 Å². The second-order valence-corrected chi connectivity index (χ2v) is 3.20. The maximum absolute atomic E-state index is 9.46. The number of aliphatic hydroxyl groups is 1. The second-order valence-electron chi connectivity index (χ2n) is 2.42. The highest BCUT2D eigenvalue weighted by molar-refractivity contribution is 7.07. The van der Waals surface area contributed by atoms with Gasteiger partial charge in [0.05, 0.1) is 18.1 Å². The molecule has 0 spiro atoms. The number of aliphatic hydroxyl groups excluding tert-OH is 1. The van der Waals surface area contributed by atoms with Gasteiger partial charge in [-0.2, -0.15) is 16.6 Å². The van der Waals surface area contributed by atoms with E-state index in [0.29, 0.717) is 0 Å². The molecule has 0 saturated carbocycles. The lowest BCUT2D eigenvalue weighted by molar-refractivity contribution is 0.143. The molecular formula is C8H9NOS. The van der Waals surface area contributed by atoms with Crippen LogP contribution in [0, 0.1) is 17.2 Å². The Morgan fingerprint density at radius 1 is 1.73 bits per heavy atom. The fraction of sp³-hybridized carbons (Fsp3) is 0.375. The molecule has 2 nitrogen and oxygen atoms in total. The maximum Gasteiger partial charge on any atom is 0.0953 e. The summed E-state index contributed by atoms with van der Waals surface area (Å²) in [4.78, 5) is 0. The average molecular weight is 167 g/mol. The van der Waals surface area contributed by atoms with Gasteiger partial charge in [0, 0.05) is 0 Å². The van der Waals surface area contributed by atoms with Gasteiger partial charge in [-0.3, -0.25) is 0 Å². The molecule has 2 atom stereocenters. The Bertz CT molecular complexity index is 250. The quantitative estimate of drug-likeness (QED) is 0.731. The first kappa shape index (κ1) is 8.25. The Morgan fingerprint density at radius 3 is 2.91 bits per heavy atom. The van der Waals surface area contributed by atoms with Crippen LogP contribution in [0.4, 0.5) is 0 Å². The maximum atomic E-state index is 9.46. The molecule has 58 valence electrons. The van der Waals surface area contributed by atoms with Crippen molar-refractivity contribution in [2.45, 2.75) is 13.0 Å². The Hall–Kier alpha value is -0.850. The Morgan fingerprint density at radius 2 is 2.45 bits per heavy atom. The summed E-state index contributed by atoms with van der Waals surface area (Å²) >= 11 is 1.53. The predicted molar refractivity (Wildman–Crippen MR) is 44.1 cm³/mol. The van der Waals surface area contributed by atoms with E-state index in [1.54, 1.807) is 6.92 Å². The van der Waals surface area contributed by atoms with E-state index in [4.69, 9.17) is 5.26 Å². The number of nitrogens with zero attached hydrogens (tertiary/aromatic N) is 1. The van der Waals surface area contributed by atoms with Crippen LogP contribution in [0.5, 0.6) is 0 Å². The third-order valence-corrected chi connectivity index (χ3v) is 2.26. The van der Waals surface area contributed by atoms with Crippen LogP contribution < -0.4 is 0 Å². The number of nitriles is 1. The highest BCUT2D eigenvalue weighted by Crippen LogP contribution is 2.22. The van der Waals surface area contributed by atoms with E-state index in [1.807, 2.05) is 22.9 Å². The molecule has 0 radical (unpaired) electrons. The van der Waals surface area contributed by atoms with Gasteiger partial charge in [-0.05, 0) is 29.3 Å². The van der Waals surface area contributed by atoms with Crippen molar-refractivity contribution in [1.82, 2.24) is 0 Å². The van der Waals surface area contributed by atoms with Crippen LogP contribution in [0.1, 0.15) is 18.6 Å². The van der Waals surface area contributed by atoms with Crippen LogP contribution in [0.25, 0.3) is 0 Å². The molecule has 0 amide bonds. The van der Waals surface area contributed by atoms with Crippen LogP contribution in [0.15, 0.2) is 16.8 Å². The highest BCUT2D eigenvalue weighted by Gasteiger charge is 2.15. The van der Waals surface area contributed by atoms with Crippen LogP contribution in [-0.4, -0.2) is 5.11 Å². The fourth-order valence-electron chi connectivity index (χ4n) is 0.803. The molecule has 1 heterocycles. The third kappa shape index (κ3) is 1.79. The lowest BCUT2D eigenvalue weighted by atomic mass is 10.0. The zero-order valence-corrected chi connectivity index (χ0v) is 7.01. The summed E-state index contributed by atoms with van der Waals surface area (Å²) in [6.07, 6.45) is -0.633. The minimum absolute atomic E-state index is 0.329. The van der Waals surface area contributed by atoms with E-state index in [2.05, 4.69) is 0 Å². The Kier molecular flexibility index (Phi) is 2.64. The van der Waals surface area contributed by atoms with Crippen LogP contribution in [0.3, 0.4) is 0 Å². The topological polar surface area (TPSA) is 44.0 Å². The largest absolute Gasteiger partial charge is 0.387 e. The molecule has 0 bridgehead atoms.